The molecule has 1 aliphatic rings. The van der Waals surface area contributed by atoms with Crippen molar-refractivity contribution in [2.45, 2.75) is 10.6 Å². The van der Waals surface area contributed by atoms with Gasteiger partial charge in [0, 0.05) is 39.1 Å². The first-order valence-electron chi connectivity index (χ1n) is 6.75. The Morgan fingerprint density at radius 2 is 1.95 bits per heavy atom. The van der Waals surface area contributed by atoms with E-state index in [0.29, 0.717) is 36.9 Å². The molecule has 0 aliphatic carbocycles. The summed E-state index contributed by atoms with van der Waals surface area (Å²) in [6.07, 6.45) is 0.153. The van der Waals surface area contributed by atoms with Gasteiger partial charge in [0.25, 0.3) is 10.0 Å². The van der Waals surface area contributed by atoms with Gasteiger partial charge >= 0.3 is 6.03 Å². The maximum atomic E-state index is 12.3. The van der Waals surface area contributed by atoms with Crippen LogP contribution in [0.2, 0.25) is 0 Å². The fourth-order valence-electron chi connectivity index (χ4n) is 2.19. The van der Waals surface area contributed by atoms with Crippen molar-refractivity contribution in [3.05, 3.63) is 17.5 Å². The topological polar surface area (TPSA) is 113 Å². The predicted molar refractivity (Wildman–Crippen MR) is 81.9 cm³/mol. The van der Waals surface area contributed by atoms with E-state index in [1.165, 1.54) is 15.6 Å². The number of piperazine rings is 1. The molecule has 0 spiro atoms. The fourth-order valence-corrected chi connectivity index (χ4v) is 4.76. The van der Waals surface area contributed by atoms with Crippen LogP contribution < -0.4 is 11.1 Å². The number of rotatable bonds is 5. The second kappa shape index (κ2) is 7.18. The average molecular weight is 346 g/mol. The van der Waals surface area contributed by atoms with Gasteiger partial charge in [-0.05, 0) is 11.4 Å². The van der Waals surface area contributed by atoms with Crippen LogP contribution in [0.15, 0.2) is 21.7 Å². The number of amides is 3. The van der Waals surface area contributed by atoms with Crippen LogP contribution >= 0.6 is 11.3 Å². The largest absolute Gasteiger partial charge is 0.351 e. The number of nitrogens with zero attached hydrogens (tertiary/aromatic N) is 2. The van der Waals surface area contributed by atoms with Gasteiger partial charge in [-0.3, -0.25) is 10.1 Å². The number of hydrogen-bond donors (Lipinski definition) is 2. The number of carbonyl (C=O) groups excluding carboxylic acids is 2. The van der Waals surface area contributed by atoms with Crippen molar-refractivity contribution in [1.29, 1.82) is 0 Å². The number of thiophene rings is 1. The highest BCUT2D eigenvalue weighted by Gasteiger charge is 2.29. The molecule has 8 nitrogen and oxygen atoms in total. The average Bonchev–Trinajstić information content (AvgIpc) is 3.00. The van der Waals surface area contributed by atoms with Crippen molar-refractivity contribution in [2.75, 3.05) is 32.7 Å². The monoisotopic (exact) mass is 346 g/mol. The number of sulfonamides is 1. The second-order valence-electron chi connectivity index (χ2n) is 4.84. The molecule has 10 heteroatoms. The summed E-state index contributed by atoms with van der Waals surface area (Å²) >= 11 is 1.20. The van der Waals surface area contributed by atoms with Crippen LogP contribution in [0, 0.1) is 0 Å². The minimum absolute atomic E-state index is 0.153. The van der Waals surface area contributed by atoms with E-state index in [9.17, 15) is 18.0 Å². The van der Waals surface area contributed by atoms with Crippen molar-refractivity contribution in [2.24, 2.45) is 5.73 Å². The molecular formula is C12H18N4O4S2. The molecule has 0 bridgehead atoms. The van der Waals surface area contributed by atoms with Gasteiger partial charge in [-0.15, -0.1) is 11.3 Å². The van der Waals surface area contributed by atoms with Crippen molar-refractivity contribution in [3.63, 3.8) is 0 Å². The van der Waals surface area contributed by atoms with Crippen molar-refractivity contribution in [1.82, 2.24) is 14.5 Å². The molecule has 0 aromatic carbocycles. The Hall–Kier alpha value is -1.49. The van der Waals surface area contributed by atoms with E-state index in [4.69, 9.17) is 5.73 Å². The lowest BCUT2D eigenvalue weighted by Crippen LogP contribution is -2.49. The number of primary amides is 1. The minimum Gasteiger partial charge on any atom is -0.351 e. The van der Waals surface area contributed by atoms with Gasteiger partial charge in [0.1, 0.15) is 4.21 Å². The van der Waals surface area contributed by atoms with Gasteiger partial charge in [0.05, 0.1) is 0 Å². The summed E-state index contributed by atoms with van der Waals surface area (Å²) in [5.74, 6) is -0.430. The molecule has 0 radical (unpaired) electrons. The van der Waals surface area contributed by atoms with Crippen molar-refractivity contribution < 1.29 is 18.0 Å². The lowest BCUT2D eigenvalue weighted by molar-refractivity contribution is -0.120. The normalized spacial score (nSPS) is 17.3. The zero-order valence-corrected chi connectivity index (χ0v) is 13.5. The number of imide groups is 1. The Bertz CT molecular complexity index is 622. The number of carbonyl (C=O) groups is 2. The summed E-state index contributed by atoms with van der Waals surface area (Å²) in [7, 11) is -3.40. The molecule has 0 atom stereocenters. The first-order valence-corrected chi connectivity index (χ1v) is 9.07. The summed E-state index contributed by atoms with van der Waals surface area (Å²) in [6, 6.07) is 2.45. The number of urea groups is 1. The molecule has 2 heterocycles. The standard InChI is InChI=1S/C12H18N4O4S2/c13-12(18)14-10(17)3-4-15-5-7-16(8-6-15)22(19,20)11-2-1-9-21-11/h1-2,9H,3-8H2,(H3,13,14,17,18). The highest BCUT2D eigenvalue weighted by Crippen LogP contribution is 2.21. The summed E-state index contributed by atoms with van der Waals surface area (Å²) < 4.78 is 26.5. The van der Waals surface area contributed by atoms with E-state index in [1.54, 1.807) is 17.5 Å². The Balaban J connectivity index is 1.81. The summed E-state index contributed by atoms with van der Waals surface area (Å²) in [4.78, 5) is 23.8. The first-order chi connectivity index (χ1) is 10.4. The number of nitrogens with two attached hydrogens (primary N) is 1. The van der Waals surface area contributed by atoms with Gasteiger partial charge in [-0.2, -0.15) is 4.31 Å². The van der Waals surface area contributed by atoms with E-state index in [1.807, 2.05) is 10.2 Å². The van der Waals surface area contributed by atoms with Crippen molar-refractivity contribution in [3.8, 4) is 0 Å². The van der Waals surface area contributed by atoms with E-state index < -0.39 is 22.0 Å². The zero-order valence-electron chi connectivity index (χ0n) is 11.9. The fraction of sp³-hybridized carbons (Fsp3) is 0.500. The molecule has 0 saturated carbocycles. The summed E-state index contributed by atoms with van der Waals surface area (Å²) in [5, 5.41) is 3.74. The molecule has 22 heavy (non-hydrogen) atoms. The predicted octanol–water partition coefficient (Wildman–Crippen LogP) is -0.361. The quantitative estimate of drug-likeness (QED) is 0.756. The van der Waals surface area contributed by atoms with E-state index >= 15 is 0 Å². The maximum absolute atomic E-state index is 12.3. The zero-order chi connectivity index (χ0) is 16.2. The molecule has 0 unspecified atom stereocenters. The molecular weight excluding hydrogens is 328 g/mol. The van der Waals surface area contributed by atoms with E-state index in [-0.39, 0.29) is 6.42 Å². The van der Waals surface area contributed by atoms with Gasteiger partial charge in [0.2, 0.25) is 5.91 Å². The van der Waals surface area contributed by atoms with Crippen molar-refractivity contribution >= 4 is 33.3 Å². The van der Waals surface area contributed by atoms with Crippen LogP contribution in [0.3, 0.4) is 0 Å². The van der Waals surface area contributed by atoms with Gasteiger partial charge in [0.15, 0.2) is 0 Å². The summed E-state index contributed by atoms with van der Waals surface area (Å²) in [5.41, 5.74) is 4.86. The number of nitrogens with one attached hydrogen (secondary N) is 1. The van der Waals surface area contributed by atoms with Crippen LogP contribution in [0.4, 0.5) is 4.79 Å². The molecule has 2 rings (SSSR count). The Labute approximate surface area is 132 Å². The summed E-state index contributed by atoms with van der Waals surface area (Å²) in [6.45, 7) is 2.34. The molecule has 1 aromatic heterocycles. The van der Waals surface area contributed by atoms with Gasteiger partial charge in [-0.1, -0.05) is 6.07 Å². The van der Waals surface area contributed by atoms with Crippen LogP contribution in [0.25, 0.3) is 0 Å². The SMILES string of the molecule is NC(=O)NC(=O)CCN1CCN(S(=O)(=O)c2cccs2)CC1. The molecule has 1 aromatic rings. The highest BCUT2D eigenvalue weighted by atomic mass is 32.2. The van der Waals surface area contributed by atoms with E-state index in [2.05, 4.69) is 0 Å². The molecule has 1 fully saturated rings. The third kappa shape index (κ3) is 4.26. The Morgan fingerprint density at radius 1 is 1.27 bits per heavy atom. The van der Waals surface area contributed by atoms with Crippen LogP contribution in [0.1, 0.15) is 6.42 Å². The maximum Gasteiger partial charge on any atom is 0.318 e. The molecule has 1 aliphatic heterocycles. The highest BCUT2D eigenvalue weighted by molar-refractivity contribution is 7.91. The molecule has 3 amide bonds. The third-order valence-corrected chi connectivity index (χ3v) is 6.61. The van der Waals surface area contributed by atoms with E-state index in [0.717, 1.165) is 0 Å². The lowest BCUT2D eigenvalue weighted by atomic mass is 10.3. The lowest BCUT2D eigenvalue weighted by Gasteiger charge is -2.33. The smallest absolute Gasteiger partial charge is 0.318 e. The van der Waals surface area contributed by atoms with Gasteiger partial charge in [-0.25, -0.2) is 13.2 Å². The second-order valence-corrected chi connectivity index (χ2v) is 7.95. The molecule has 1 saturated heterocycles. The third-order valence-electron chi connectivity index (χ3n) is 3.34. The van der Waals surface area contributed by atoms with Crippen LogP contribution in [-0.2, 0) is 14.8 Å². The number of hydrogen-bond acceptors (Lipinski definition) is 6. The minimum atomic E-state index is -3.40. The molecule has 122 valence electrons. The Kier molecular flexibility index (Phi) is 5.51. The van der Waals surface area contributed by atoms with Gasteiger partial charge < -0.3 is 10.6 Å². The molecule has 3 N–H and O–H groups in total. The van der Waals surface area contributed by atoms with Crippen LogP contribution in [-0.4, -0.2) is 62.3 Å². The Morgan fingerprint density at radius 3 is 2.50 bits per heavy atom. The first kappa shape index (κ1) is 16.9. The van der Waals surface area contributed by atoms with Crippen LogP contribution in [0.5, 0.6) is 0 Å².